The fraction of sp³-hybridized carbons (Fsp3) is 0.698. The SMILES string of the molecule is Cc1cccc(F)c1CN(Cc1cccc(CN2O[C@@H](CO)[C@@H]([C@H](C)O)[C@H]2C(=O)N[C@H]2C[C@@H]3C[C@H]([C@@H]2C)C3(C)C)c1)[C@@H](CC(C)C)CN1CCCC1. The molecule has 288 valence electrons. The molecule has 2 aromatic carbocycles. The fourth-order valence-corrected chi connectivity index (χ4v) is 10.3. The predicted molar refractivity (Wildman–Crippen MR) is 203 cm³/mol. The Bertz CT molecular complexity index is 1490. The number of carbonyl (C=O) groups is 1. The molecule has 0 unspecified atom stereocenters. The van der Waals surface area contributed by atoms with Crippen molar-refractivity contribution in [3.05, 3.63) is 70.5 Å². The molecule has 2 bridgehead atoms. The van der Waals surface area contributed by atoms with Crippen molar-refractivity contribution in [3.63, 3.8) is 0 Å². The third-order valence-corrected chi connectivity index (χ3v) is 13.4. The molecule has 2 heterocycles. The van der Waals surface area contributed by atoms with Crippen LogP contribution in [0.1, 0.15) is 95.9 Å². The van der Waals surface area contributed by atoms with Gasteiger partial charge < -0.3 is 20.4 Å². The number of aliphatic hydroxyl groups excluding tert-OH is 2. The predicted octanol–water partition coefficient (Wildman–Crippen LogP) is 6.31. The van der Waals surface area contributed by atoms with Crippen LogP contribution in [0.5, 0.6) is 0 Å². The number of fused-ring (bicyclic) bond motifs is 2. The van der Waals surface area contributed by atoms with Crippen molar-refractivity contribution < 1.29 is 24.2 Å². The molecule has 9 heteroatoms. The Hall–Kier alpha value is -2.40. The van der Waals surface area contributed by atoms with Gasteiger partial charge in [0.15, 0.2) is 0 Å². The monoisotopic (exact) mass is 720 g/mol. The summed E-state index contributed by atoms with van der Waals surface area (Å²) in [5, 5.41) is 26.3. The molecule has 0 radical (unpaired) electrons. The fourth-order valence-electron chi connectivity index (χ4n) is 10.3. The standard InChI is InChI=1S/C43H65FN4O4/c1-27(2)18-34(24-46-16-8-9-17-46)47(25-35-28(3)12-10-15-37(35)44)22-31-13-11-14-32(19-31)23-48-41(40(30(5)50)39(26-49)52-48)42(51)45-38-21-33-20-36(29(38)4)43(33,6)7/h10-15,19,27,29-30,33-34,36,38-41,49-50H,8-9,16-18,20-26H2,1-7H3,(H,45,51)/t29-,30-,33-,34-,36+,38-,39-,40+,41-/m0/s1. The number of halogens is 1. The second kappa shape index (κ2) is 16.5. The smallest absolute Gasteiger partial charge is 0.240 e. The number of nitrogens with one attached hydrogen (secondary N) is 1. The van der Waals surface area contributed by atoms with Crippen LogP contribution in [0.2, 0.25) is 0 Å². The number of carbonyl (C=O) groups excluding carboxylic acids is 1. The summed E-state index contributed by atoms with van der Waals surface area (Å²) in [6.45, 7) is 19.6. The van der Waals surface area contributed by atoms with Gasteiger partial charge in [0.2, 0.25) is 5.91 Å². The average molecular weight is 721 g/mol. The number of nitrogens with zero attached hydrogens (tertiary/aromatic N) is 3. The van der Waals surface area contributed by atoms with Gasteiger partial charge in [-0.25, -0.2) is 4.39 Å². The highest BCUT2D eigenvalue weighted by Gasteiger charge is 2.57. The summed E-state index contributed by atoms with van der Waals surface area (Å²) < 4.78 is 15.3. The lowest BCUT2D eigenvalue weighted by molar-refractivity contribution is -0.183. The Morgan fingerprint density at radius 1 is 1.08 bits per heavy atom. The number of aliphatic hydroxyl groups is 2. The van der Waals surface area contributed by atoms with Crippen LogP contribution < -0.4 is 5.32 Å². The summed E-state index contributed by atoms with van der Waals surface area (Å²) >= 11 is 0. The molecule has 1 amide bonds. The summed E-state index contributed by atoms with van der Waals surface area (Å²) in [4.78, 5) is 25.5. The number of benzene rings is 2. The van der Waals surface area contributed by atoms with E-state index in [9.17, 15) is 15.0 Å². The Morgan fingerprint density at radius 3 is 2.42 bits per heavy atom. The van der Waals surface area contributed by atoms with Crippen molar-refractivity contribution in [1.29, 1.82) is 0 Å². The number of hydrogen-bond donors (Lipinski definition) is 3. The largest absolute Gasteiger partial charge is 0.394 e. The molecular formula is C43H65FN4O4. The minimum atomic E-state index is -0.843. The van der Waals surface area contributed by atoms with E-state index in [1.165, 1.54) is 19.3 Å². The van der Waals surface area contributed by atoms with Crippen LogP contribution in [0.3, 0.4) is 0 Å². The first-order valence-electron chi connectivity index (χ1n) is 20.1. The molecule has 3 aliphatic carbocycles. The number of amides is 1. The number of likely N-dealkylation sites (tertiary alicyclic amines) is 1. The van der Waals surface area contributed by atoms with Crippen LogP contribution in [0.15, 0.2) is 42.5 Å². The van der Waals surface area contributed by atoms with Crippen LogP contribution in [-0.4, -0.2) is 87.6 Å². The summed E-state index contributed by atoms with van der Waals surface area (Å²) in [5.41, 5.74) is 4.12. The molecule has 9 atom stereocenters. The normalized spacial score (nSPS) is 30.1. The van der Waals surface area contributed by atoms with Crippen LogP contribution in [0.4, 0.5) is 4.39 Å². The zero-order valence-electron chi connectivity index (χ0n) is 32.7. The first kappa shape index (κ1) is 39.3. The third-order valence-electron chi connectivity index (χ3n) is 13.4. The Morgan fingerprint density at radius 2 is 1.79 bits per heavy atom. The molecule has 0 aromatic heterocycles. The van der Waals surface area contributed by atoms with Crippen molar-refractivity contribution in [2.24, 2.45) is 35.0 Å². The summed E-state index contributed by atoms with van der Waals surface area (Å²) in [6, 6.07) is 13.4. The summed E-state index contributed by atoms with van der Waals surface area (Å²) in [7, 11) is 0. The number of hydrogen-bond acceptors (Lipinski definition) is 7. The second-order valence-electron chi connectivity index (χ2n) is 17.8. The van der Waals surface area contributed by atoms with Crippen molar-refractivity contribution in [1.82, 2.24) is 20.2 Å². The van der Waals surface area contributed by atoms with Gasteiger partial charge in [0.25, 0.3) is 0 Å². The first-order valence-corrected chi connectivity index (χ1v) is 20.1. The van der Waals surface area contributed by atoms with Gasteiger partial charge in [0.1, 0.15) is 18.0 Å². The molecule has 8 nitrogen and oxygen atoms in total. The minimum absolute atomic E-state index is 0.0840. The van der Waals surface area contributed by atoms with Gasteiger partial charge in [-0.3, -0.25) is 14.5 Å². The first-order chi connectivity index (χ1) is 24.8. The van der Waals surface area contributed by atoms with E-state index in [0.29, 0.717) is 48.7 Å². The molecule has 0 spiro atoms. The van der Waals surface area contributed by atoms with E-state index in [2.05, 4.69) is 61.9 Å². The maximum Gasteiger partial charge on any atom is 0.240 e. The third kappa shape index (κ3) is 8.45. The molecule has 7 rings (SSSR count). The van der Waals surface area contributed by atoms with Crippen LogP contribution >= 0.6 is 0 Å². The van der Waals surface area contributed by atoms with E-state index >= 15 is 4.39 Å². The van der Waals surface area contributed by atoms with E-state index in [1.54, 1.807) is 24.1 Å². The zero-order chi connectivity index (χ0) is 37.3. The molecule has 5 fully saturated rings. The number of hydroxylamine groups is 2. The van der Waals surface area contributed by atoms with E-state index in [0.717, 1.165) is 54.7 Å². The lowest BCUT2D eigenvalue weighted by Crippen LogP contribution is -2.62. The quantitative estimate of drug-likeness (QED) is 0.199. The van der Waals surface area contributed by atoms with Gasteiger partial charge in [-0.05, 0) is 111 Å². The summed E-state index contributed by atoms with van der Waals surface area (Å²) in [5.74, 6) is 1.19. The van der Waals surface area contributed by atoms with Gasteiger partial charge in [0, 0.05) is 43.2 Å². The van der Waals surface area contributed by atoms with Gasteiger partial charge in [-0.2, -0.15) is 5.06 Å². The second-order valence-corrected chi connectivity index (χ2v) is 17.8. The van der Waals surface area contributed by atoms with E-state index in [1.807, 2.05) is 25.1 Å². The van der Waals surface area contributed by atoms with E-state index < -0.39 is 24.2 Å². The highest BCUT2D eigenvalue weighted by Crippen LogP contribution is 2.61. The highest BCUT2D eigenvalue weighted by molar-refractivity contribution is 5.82. The molecule has 3 saturated carbocycles. The highest BCUT2D eigenvalue weighted by atomic mass is 19.1. The molecule has 5 aliphatic rings. The Balaban J connectivity index is 1.23. The van der Waals surface area contributed by atoms with E-state index in [-0.39, 0.29) is 30.4 Å². The Labute approximate surface area is 312 Å². The molecule has 2 aromatic rings. The van der Waals surface area contributed by atoms with E-state index in [4.69, 9.17) is 4.84 Å². The minimum Gasteiger partial charge on any atom is -0.394 e. The van der Waals surface area contributed by atoms with Crippen LogP contribution in [0.25, 0.3) is 0 Å². The van der Waals surface area contributed by atoms with Crippen LogP contribution in [-0.2, 0) is 29.3 Å². The van der Waals surface area contributed by atoms with Gasteiger partial charge in [-0.1, -0.05) is 71.0 Å². The number of aryl methyl sites for hydroxylation is 1. The lowest BCUT2D eigenvalue weighted by atomic mass is 9.45. The van der Waals surface area contributed by atoms with Gasteiger partial charge in [-0.15, -0.1) is 0 Å². The molecular weight excluding hydrogens is 655 g/mol. The van der Waals surface area contributed by atoms with Crippen molar-refractivity contribution in [3.8, 4) is 0 Å². The van der Waals surface area contributed by atoms with Crippen LogP contribution in [0, 0.1) is 47.7 Å². The molecule has 2 aliphatic heterocycles. The molecule has 52 heavy (non-hydrogen) atoms. The van der Waals surface area contributed by atoms with Crippen molar-refractivity contribution in [2.45, 2.75) is 131 Å². The topological polar surface area (TPSA) is 88.5 Å². The maximum atomic E-state index is 15.3. The van der Waals surface area contributed by atoms with Gasteiger partial charge in [0.05, 0.1) is 19.3 Å². The Kier molecular flexibility index (Phi) is 12.5. The zero-order valence-corrected chi connectivity index (χ0v) is 32.7. The molecule has 3 N–H and O–H groups in total. The maximum absolute atomic E-state index is 15.3. The van der Waals surface area contributed by atoms with Crippen molar-refractivity contribution in [2.75, 3.05) is 26.2 Å². The number of rotatable bonds is 15. The average Bonchev–Trinajstić information content (AvgIpc) is 3.74. The van der Waals surface area contributed by atoms with Gasteiger partial charge >= 0.3 is 0 Å². The summed E-state index contributed by atoms with van der Waals surface area (Å²) in [6.07, 6.45) is 4.14. The van der Waals surface area contributed by atoms with Crippen molar-refractivity contribution >= 4 is 5.91 Å². The molecule has 2 saturated heterocycles. The lowest BCUT2D eigenvalue weighted by Gasteiger charge is -2.62.